The first-order chi connectivity index (χ1) is 12.0. The van der Waals surface area contributed by atoms with Crippen molar-refractivity contribution >= 4 is 16.7 Å². The minimum atomic E-state index is -4.86. The summed E-state index contributed by atoms with van der Waals surface area (Å²) in [7, 11) is -2.08. The summed E-state index contributed by atoms with van der Waals surface area (Å²) in [5.41, 5.74) is -1.30. The summed E-state index contributed by atoms with van der Waals surface area (Å²) in [6.07, 6.45) is -4.28. The number of hydrogen-bond donors (Lipinski definition) is 0. The van der Waals surface area contributed by atoms with Crippen LogP contribution in [0.4, 0.5) is 26.3 Å². The molecule has 3 atom stereocenters. The lowest BCUT2D eigenvalue weighted by molar-refractivity contribution is -0.169. The lowest BCUT2D eigenvalue weighted by Crippen LogP contribution is -2.59. The van der Waals surface area contributed by atoms with E-state index in [0.717, 1.165) is 17.0 Å². The highest BCUT2D eigenvalue weighted by Gasteiger charge is 2.49. The highest BCUT2D eigenvalue weighted by molar-refractivity contribution is 7.85. The lowest BCUT2D eigenvalue weighted by atomic mass is 10.0. The first kappa shape index (κ1) is 19.2. The second-order valence-electron chi connectivity index (χ2n) is 6.62. The molecule has 1 saturated heterocycles. The first-order valence-electron chi connectivity index (χ1n) is 7.92. The van der Waals surface area contributed by atoms with Gasteiger partial charge >= 0.3 is 6.18 Å². The quantitative estimate of drug-likeness (QED) is 0.729. The number of likely N-dealkylation sites (tertiary alicyclic amines) is 1. The maximum absolute atomic E-state index is 13.2. The van der Waals surface area contributed by atoms with Crippen molar-refractivity contribution in [1.82, 2.24) is 4.90 Å². The normalized spacial score (nSPS) is 26.5. The number of rotatable bonds is 3. The highest BCUT2D eigenvalue weighted by atomic mass is 32.2. The number of hydrogen-bond acceptors (Lipinski definition) is 2. The van der Waals surface area contributed by atoms with E-state index in [0.29, 0.717) is 6.07 Å². The van der Waals surface area contributed by atoms with Crippen LogP contribution >= 0.6 is 0 Å². The maximum atomic E-state index is 13.2. The third-order valence-corrected chi connectivity index (χ3v) is 6.48. The van der Waals surface area contributed by atoms with Crippen LogP contribution in [0.25, 0.3) is 0 Å². The van der Waals surface area contributed by atoms with Crippen LogP contribution in [-0.4, -0.2) is 39.3 Å². The van der Waals surface area contributed by atoms with Gasteiger partial charge in [-0.2, -0.15) is 13.2 Å². The van der Waals surface area contributed by atoms with Crippen LogP contribution in [0.1, 0.15) is 24.8 Å². The van der Waals surface area contributed by atoms with Gasteiger partial charge in [0.1, 0.15) is 5.82 Å². The molecular weight excluding hydrogens is 384 g/mol. The molecule has 1 aromatic carbocycles. The van der Waals surface area contributed by atoms with E-state index in [-0.39, 0.29) is 19.3 Å². The van der Waals surface area contributed by atoms with E-state index < -0.39 is 69.3 Å². The number of halogens is 6. The second-order valence-corrected chi connectivity index (χ2v) is 8.32. The average Bonchev–Trinajstić information content (AvgIpc) is 3.00. The molecule has 1 aliphatic carbocycles. The zero-order chi connectivity index (χ0) is 19.3. The highest BCUT2D eigenvalue weighted by Crippen LogP contribution is 2.39. The van der Waals surface area contributed by atoms with Gasteiger partial charge in [0.2, 0.25) is 5.91 Å². The van der Waals surface area contributed by atoms with E-state index >= 15 is 0 Å². The van der Waals surface area contributed by atoms with E-state index in [9.17, 15) is 35.3 Å². The topological polar surface area (TPSA) is 37.4 Å². The number of nitrogens with zero attached hydrogens (tertiary/aromatic N) is 1. The van der Waals surface area contributed by atoms with Gasteiger partial charge in [0.15, 0.2) is 0 Å². The predicted octanol–water partition coefficient (Wildman–Crippen LogP) is 3.60. The molecule has 1 aromatic rings. The van der Waals surface area contributed by atoms with Gasteiger partial charge in [-0.15, -0.1) is 0 Å². The Balaban J connectivity index is 1.72. The number of carbonyl (C=O) groups excluding carboxylic acids is 1. The van der Waals surface area contributed by atoms with Gasteiger partial charge < -0.3 is 4.90 Å². The molecule has 3 unspecified atom stereocenters. The molecule has 1 aliphatic heterocycles. The Morgan fingerprint density at radius 1 is 1.19 bits per heavy atom. The molecule has 0 bridgehead atoms. The van der Waals surface area contributed by atoms with Gasteiger partial charge in [-0.05, 0) is 37.5 Å². The van der Waals surface area contributed by atoms with E-state index in [4.69, 9.17) is 0 Å². The summed E-state index contributed by atoms with van der Waals surface area (Å²) in [5, 5.41) is -0.711. The van der Waals surface area contributed by atoms with Gasteiger partial charge in [0, 0.05) is 11.2 Å². The Kier molecular flexibility index (Phi) is 4.83. The van der Waals surface area contributed by atoms with Crippen molar-refractivity contribution in [3.63, 3.8) is 0 Å². The zero-order valence-electron chi connectivity index (χ0n) is 13.4. The van der Waals surface area contributed by atoms with Gasteiger partial charge in [0.05, 0.1) is 34.3 Å². The van der Waals surface area contributed by atoms with Crippen LogP contribution in [0.2, 0.25) is 0 Å². The summed E-state index contributed by atoms with van der Waals surface area (Å²) < 4.78 is 90.7. The molecular formula is C16H15F6NO2S. The van der Waals surface area contributed by atoms with E-state index in [2.05, 4.69) is 0 Å². The second kappa shape index (κ2) is 6.54. The molecule has 26 heavy (non-hydrogen) atoms. The fraction of sp³-hybridized carbons (Fsp3) is 0.562. The largest absolute Gasteiger partial charge is 0.417 e. The van der Waals surface area contributed by atoms with Crippen molar-refractivity contribution in [3.05, 3.63) is 29.6 Å². The fourth-order valence-corrected chi connectivity index (χ4v) is 5.07. The van der Waals surface area contributed by atoms with Crippen LogP contribution in [0.15, 0.2) is 23.1 Å². The molecule has 2 fully saturated rings. The van der Waals surface area contributed by atoms with Crippen molar-refractivity contribution in [2.45, 2.75) is 41.5 Å². The van der Waals surface area contributed by atoms with Crippen LogP contribution in [0.3, 0.4) is 0 Å². The summed E-state index contributed by atoms with van der Waals surface area (Å²) in [4.78, 5) is 12.6. The summed E-state index contributed by atoms with van der Waals surface area (Å²) in [5.74, 6) is -5.09. The Morgan fingerprint density at radius 3 is 2.42 bits per heavy atom. The first-order valence-corrected chi connectivity index (χ1v) is 9.13. The third-order valence-electron chi connectivity index (χ3n) is 4.66. The van der Waals surface area contributed by atoms with Crippen molar-refractivity contribution in [2.24, 2.45) is 5.92 Å². The third kappa shape index (κ3) is 3.74. The van der Waals surface area contributed by atoms with Crippen molar-refractivity contribution in [3.8, 4) is 0 Å². The summed E-state index contributed by atoms with van der Waals surface area (Å²) >= 11 is 0. The standard InChI is InChI=1S/C16H15F6NO2S/c17-10-2-4-13(12(6-10)16(20,21)22)26(25)11-3-1-9(5-11)14(24)23-7-15(18,19)8-23/h2,4,6,9,11H,1,3,5,7-8H2. The Labute approximate surface area is 147 Å². The molecule has 0 N–H and O–H groups in total. The molecule has 144 valence electrons. The van der Waals surface area contributed by atoms with Crippen LogP contribution in [-0.2, 0) is 21.8 Å². The van der Waals surface area contributed by atoms with Gasteiger partial charge in [-0.3, -0.25) is 9.00 Å². The van der Waals surface area contributed by atoms with Crippen molar-refractivity contribution in [1.29, 1.82) is 0 Å². The maximum Gasteiger partial charge on any atom is 0.417 e. The fourth-order valence-electron chi connectivity index (χ4n) is 3.36. The molecule has 1 saturated carbocycles. The van der Waals surface area contributed by atoms with E-state index in [1.807, 2.05) is 0 Å². The molecule has 0 aromatic heterocycles. The number of alkyl halides is 5. The Hall–Kier alpha value is -1.58. The van der Waals surface area contributed by atoms with Gasteiger partial charge in [-0.25, -0.2) is 13.2 Å². The van der Waals surface area contributed by atoms with Crippen LogP contribution < -0.4 is 0 Å². The monoisotopic (exact) mass is 399 g/mol. The molecule has 1 amide bonds. The number of benzene rings is 1. The number of carbonyl (C=O) groups is 1. The Morgan fingerprint density at radius 2 is 1.85 bits per heavy atom. The minimum Gasteiger partial charge on any atom is -0.330 e. The molecule has 0 spiro atoms. The van der Waals surface area contributed by atoms with E-state index in [1.165, 1.54) is 0 Å². The predicted molar refractivity (Wildman–Crippen MR) is 80.5 cm³/mol. The van der Waals surface area contributed by atoms with Crippen LogP contribution in [0.5, 0.6) is 0 Å². The van der Waals surface area contributed by atoms with Crippen molar-refractivity contribution in [2.75, 3.05) is 13.1 Å². The minimum absolute atomic E-state index is 0.0577. The zero-order valence-corrected chi connectivity index (χ0v) is 14.2. The molecule has 0 radical (unpaired) electrons. The van der Waals surface area contributed by atoms with Crippen LogP contribution in [0, 0.1) is 11.7 Å². The van der Waals surface area contributed by atoms with Gasteiger partial charge in [0.25, 0.3) is 5.92 Å². The summed E-state index contributed by atoms with van der Waals surface area (Å²) in [6, 6.07) is 1.95. The smallest absolute Gasteiger partial charge is 0.330 e. The average molecular weight is 399 g/mol. The SMILES string of the molecule is O=C(C1CCC(S(=O)c2ccc(F)cc2C(F)(F)F)C1)N1CC(F)(F)C1. The van der Waals surface area contributed by atoms with Crippen molar-refractivity contribution < 1.29 is 35.3 Å². The molecule has 1 heterocycles. The Bertz CT molecular complexity index is 743. The van der Waals surface area contributed by atoms with E-state index in [1.54, 1.807) is 0 Å². The number of amides is 1. The molecule has 2 aliphatic rings. The lowest BCUT2D eigenvalue weighted by Gasteiger charge is -2.40. The summed E-state index contributed by atoms with van der Waals surface area (Å²) in [6.45, 7) is -1.32. The van der Waals surface area contributed by atoms with Gasteiger partial charge in [-0.1, -0.05) is 0 Å². The molecule has 3 nitrogen and oxygen atoms in total. The molecule has 3 rings (SSSR count). The molecule has 10 heteroatoms.